The number of hydrogen-bond donors (Lipinski definition) is 1. The van der Waals surface area contributed by atoms with Crippen molar-refractivity contribution in [1.29, 1.82) is 0 Å². The molecular formula is C17H14ClN3O4. The van der Waals surface area contributed by atoms with Crippen molar-refractivity contribution in [2.45, 2.75) is 6.42 Å². The summed E-state index contributed by atoms with van der Waals surface area (Å²) in [5, 5.41) is 14.0. The van der Waals surface area contributed by atoms with Crippen LogP contribution in [0.3, 0.4) is 0 Å². The standard InChI is InChI=1S/C17H14ClN3O4/c18-12-1-3-13(4-2-12)19-17(23)11-9-16(22)20(10-11)14-5-7-15(8-6-14)21(24)25/h1-8,11H,9-10H2,(H,19,23)/t11-/m1/s1. The molecule has 2 amide bonds. The molecule has 1 fully saturated rings. The van der Waals surface area contributed by atoms with Gasteiger partial charge in [0.15, 0.2) is 0 Å². The minimum absolute atomic E-state index is 0.0487. The molecule has 1 aliphatic rings. The molecule has 8 heteroatoms. The number of anilines is 2. The van der Waals surface area contributed by atoms with Gasteiger partial charge in [-0.05, 0) is 36.4 Å². The lowest BCUT2D eigenvalue weighted by molar-refractivity contribution is -0.384. The van der Waals surface area contributed by atoms with E-state index >= 15 is 0 Å². The van der Waals surface area contributed by atoms with Crippen LogP contribution in [0.15, 0.2) is 48.5 Å². The minimum atomic E-state index is -0.502. The third-order valence-corrected chi connectivity index (χ3v) is 4.23. The molecule has 7 nitrogen and oxygen atoms in total. The Morgan fingerprint density at radius 3 is 2.40 bits per heavy atom. The molecule has 2 aromatic rings. The molecule has 0 aromatic heterocycles. The number of carbonyl (C=O) groups excluding carboxylic acids is 2. The smallest absolute Gasteiger partial charge is 0.269 e. The van der Waals surface area contributed by atoms with Gasteiger partial charge < -0.3 is 10.2 Å². The molecule has 2 aromatic carbocycles. The average Bonchev–Trinajstić information content (AvgIpc) is 2.99. The summed E-state index contributed by atoms with van der Waals surface area (Å²) in [4.78, 5) is 36.2. The fourth-order valence-corrected chi connectivity index (χ4v) is 2.79. The molecule has 0 saturated carbocycles. The number of benzene rings is 2. The van der Waals surface area contributed by atoms with E-state index < -0.39 is 10.8 Å². The number of nitrogens with one attached hydrogen (secondary N) is 1. The Morgan fingerprint density at radius 1 is 1.16 bits per heavy atom. The number of nitro groups is 1. The molecule has 0 unspecified atom stereocenters. The van der Waals surface area contributed by atoms with E-state index in [0.717, 1.165) is 0 Å². The average molecular weight is 360 g/mol. The predicted molar refractivity (Wildman–Crippen MR) is 93.6 cm³/mol. The molecule has 128 valence electrons. The van der Waals surface area contributed by atoms with Gasteiger partial charge in [0.2, 0.25) is 11.8 Å². The van der Waals surface area contributed by atoms with Crippen LogP contribution in [-0.4, -0.2) is 23.3 Å². The Bertz CT molecular complexity index is 821. The molecule has 1 atom stereocenters. The van der Waals surface area contributed by atoms with Crippen LogP contribution in [0.4, 0.5) is 17.1 Å². The summed E-state index contributed by atoms with van der Waals surface area (Å²) in [6.45, 7) is 0.232. The Morgan fingerprint density at radius 2 is 1.80 bits per heavy atom. The van der Waals surface area contributed by atoms with Gasteiger partial charge in [0.05, 0.1) is 10.8 Å². The molecule has 1 heterocycles. The number of nitrogens with zero attached hydrogens (tertiary/aromatic N) is 2. The number of non-ortho nitro benzene ring substituents is 1. The Balaban J connectivity index is 1.68. The van der Waals surface area contributed by atoms with E-state index in [4.69, 9.17) is 11.6 Å². The minimum Gasteiger partial charge on any atom is -0.326 e. The second-order valence-corrected chi connectivity index (χ2v) is 6.11. The van der Waals surface area contributed by atoms with E-state index in [1.807, 2.05) is 0 Å². The Hall–Kier alpha value is -2.93. The summed E-state index contributed by atoms with van der Waals surface area (Å²) >= 11 is 5.81. The highest BCUT2D eigenvalue weighted by Gasteiger charge is 2.35. The SMILES string of the molecule is O=C(Nc1ccc(Cl)cc1)[C@@H]1CC(=O)N(c2ccc([N+](=O)[O-])cc2)C1. The van der Waals surface area contributed by atoms with E-state index in [1.165, 1.54) is 29.2 Å². The van der Waals surface area contributed by atoms with Gasteiger partial charge in [-0.3, -0.25) is 19.7 Å². The lowest BCUT2D eigenvalue weighted by atomic mass is 10.1. The zero-order chi connectivity index (χ0) is 18.0. The van der Waals surface area contributed by atoms with Crippen LogP contribution in [0.5, 0.6) is 0 Å². The van der Waals surface area contributed by atoms with Crippen molar-refractivity contribution < 1.29 is 14.5 Å². The molecule has 0 radical (unpaired) electrons. The summed E-state index contributed by atoms with van der Waals surface area (Å²) in [5.74, 6) is -0.927. The highest BCUT2D eigenvalue weighted by Crippen LogP contribution is 2.27. The number of amides is 2. The van der Waals surface area contributed by atoms with Crippen molar-refractivity contribution in [3.63, 3.8) is 0 Å². The van der Waals surface area contributed by atoms with Crippen LogP contribution in [0.2, 0.25) is 5.02 Å². The summed E-state index contributed by atoms with van der Waals surface area (Å²) in [6, 6.07) is 12.4. The molecule has 0 spiro atoms. The number of carbonyl (C=O) groups is 2. The number of halogens is 1. The number of rotatable bonds is 4. The van der Waals surface area contributed by atoms with Crippen LogP contribution in [0, 0.1) is 16.0 Å². The first-order valence-corrected chi connectivity index (χ1v) is 7.93. The van der Waals surface area contributed by atoms with Crippen LogP contribution in [0.25, 0.3) is 0 Å². The Kier molecular flexibility index (Phi) is 4.67. The van der Waals surface area contributed by atoms with Crippen molar-refractivity contribution in [2.24, 2.45) is 5.92 Å². The second-order valence-electron chi connectivity index (χ2n) is 5.68. The lowest BCUT2D eigenvalue weighted by Gasteiger charge is -2.16. The quantitative estimate of drug-likeness (QED) is 0.670. The second kappa shape index (κ2) is 6.90. The van der Waals surface area contributed by atoms with Gasteiger partial charge in [0.1, 0.15) is 0 Å². The fraction of sp³-hybridized carbons (Fsp3) is 0.176. The van der Waals surface area contributed by atoms with Crippen LogP contribution in [-0.2, 0) is 9.59 Å². The number of nitro benzene ring substituents is 1. The van der Waals surface area contributed by atoms with Gasteiger partial charge in [-0.2, -0.15) is 0 Å². The predicted octanol–water partition coefficient (Wildman–Crippen LogP) is 3.24. The first-order valence-electron chi connectivity index (χ1n) is 7.55. The maximum Gasteiger partial charge on any atom is 0.269 e. The molecule has 3 rings (SSSR count). The van der Waals surface area contributed by atoms with Crippen LogP contribution < -0.4 is 10.2 Å². The van der Waals surface area contributed by atoms with Crippen LogP contribution in [0.1, 0.15) is 6.42 Å². The zero-order valence-electron chi connectivity index (χ0n) is 13.0. The maximum absolute atomic E-state index is 12.4. The van der Waals surface area contributed by atoms with Crippen molar-refractivity contribution in [2.75, 3.05) is 16.8 Å². The first-order chi connectivity index (χ1) is 11.9. The molecule has 0 aliphatic carbocycles. The van der Waals surface area contributed by atoms with Crippen LogP contribution >= 0.6 is 11.6 Å². The van der Waals surface area contributed by atoms with Crippen molar-refractivity contribution in [1.82, 2.24) is 0 Å². The zero-order valence-corrected chi connectivity index (χ0v) is 13.8. The molecule has 1 N–H and O–H groups in total. The van der Waals surface area contributed by atoms with Gasteiger partial charge in [-0.1, -0.05) is 11.6 Å². The molecule has 1 aliphatic heterocycles. The number of hydrogen-bond acceptors (Lipinski definition) is 4. The summed E-state index contributed by atoms with van der Waals surface area (Å²) in [5.41, 5.74) is 1.10. The molecule has 0 bridgehead atoms. The van der Waals surface area contributed by atoms with Gasteiger partial charge in [-0.15, -0.1) is 0 Å². The topological polar surface area (TPSA) is 92.6 Å². The fourth-order valence-electron chi connectivity index (χ4n) is 2.66. The monoisotopic (exact) mass is 359 g/mol. The van der Waals surface area contributed by atoms with E-state index in [-0.39, 0.29) is 30.5 Å². The van der Waals surface area contributed by atoms with Crippen molar-refractivity contribution >= 4 is 40.5 Å². The summed E-state index contributed by atoms with van der Waals surface area (Å²) in [7, 11) is 0. The van der Waals surface area contributed by atoms with E-state index in [0.29, 0.717) is 16.4 Å². The van der Waals surface area contributed by atoms with Crippen molar-refractivity contribution in [3.05, 3.63) is 63.7 Å². The molecule has 1 saturated heterocycles. The van der Waals surface area contributed by atoms with Gasteiger partial charge in [0.25, 0.3) is 5.69 Å². The highest BCUT2D eigenvalue weighted by molar-refractivity contribution is 6.30. The van der Waals surface area contributed by atoms with E-state index in [2.05, 4.69) is 5.32 Å². The summed E-state index contributed by atoms with van der Waals surface area (Å²) < 4.78 is 0. The highest BCUT2D eigenvalue weighted by atomic mass is 35.5. The Labute approximate surface area is 148 Å². The van der Waals surface area contributed by atoms with E-state index in [1.54, 1.807) is 24.3 Å². The van der Waals surface area contributed by atoms with E-state index in [9.17, 15) is 19.7 Å². The summed E-state index contributed by atoms with van der Waals surface area (Å²) in [6.07, 6.45) is 0.0937. The van der Waals surface area contributed by atoms with Crippen molar-refractivity contribution in [3.8, 4) is 0 Å². The maximum atomic E-state index is 12.4. The normalized spacial score (nSPS) is 16.8. The molecular weight excluding hydrogens is 346 g/mol. The first kappa shape index (κ1) is 16.9. The molecule has 25 heavy (non-hydrogen) atoms. The van der Waals surface area contributed by atoms with Gasteiger partial charge in [-0.25, -0.2) is 0 Å². The third-order valence-electron chi connectivity index (χ3n) is 3.98. The van der Waals surface area contributed by atoms with Gasteiger partial charge in [0, 0.05) is 41.5 Å². The lowest BCUT2D eigenvalue weighted by Crippen LogP contribution is -2.28. The largest absolute Gasteiger partial charge is 0.326 e. The third kappa shape index (κ3) is 3.77. The van der Waals surface area contributed by atoms with Gasteiger partial charge >= 0.3 is 0 Å².